The van der Waals surface area contributed by atoms with Crippen LogP contribution < -0.4 is 0 Å². The molecule has 1 fully saturated rings. The molecule has 1 saturated heterocycles. The largest absolute Gasteiger partial charge is 0.593 e. The minimum atomic E-state index is -1.46. The summed E-state index contributed by atoms with van der Waals surface area (Å²) in [5, 5.41) is 19.8. The van der Waals surface area contributed by atoms with E-state index in [0.717, 1.165) is 0 Å². The van der Waals surface area contributed by atoms with Gasteiger partial charge in [-0.2, -0.15) is 0 Å². The van der Waals surface area contributed by atoms with Gasteiger partial charge in [0.25, 0.3) is 0 Å². The molecule has 1 aliphatic rings. The number of hydrogen-bond donors (Lipinski definition) is 2. The number of hydrogen-bond acceptors (Lipinski definition) is 4. The van der Waals surface area contributed by atoms with Gasteiger partial charge in [-0.1, -0.05) is 23.2 Å². The van der Waals surface area contributed by atoms with Gasteiger partial charge in [-0.05, 0) is 24.6 Å². The molecule has 100 valence electrons. The number of β-amino-alcohol motifs (C(OH)–C–C–N with tert-alkyl or cyclic N) is 1. The molecule has 1 aromatic rings. The van der Waals surface area contributed by atoms with Crippen LogP contribution in [-0.2, 0) is 11.4 Å². The number of nitrogens with zero attached hydrogens (tertiary/aromatic N) is 1. The molecule has 1 aromatic carbocycles. The lowest BCUT2D eigenvalue weighted by Crippen LogP contribution is -2.38. The number of benzene rings is 1. The third-order valence-corrected chi connectivity index (χ3v) is 5.08. The van der Waals surface area contributed by atoms with E-state index in [0.29, 0.717) is 27.9 Å². The Balaban J connectivity index is 2.15. The van der Waals surface area contributed by atoms with Crippen molar-refractivity contribution in [2.75, 3.05) is 19.7 Å². The van der Waals surface area contributed by atoms with E-state index in [4.69, 9.17) is 28.3 Å². The van der Waals surface area contributed by atoms with Gasteiger partial charge >= 0.3 is 0 Å². The van der Waals surface area contributed by atoms with Crippen LogP contribution in [0.4, 0.5) is 0 Å². The van der Waals surface area contributed by atoms with Crippen LogP contribution in [0.15, 0.2) is 23.1 Å². The van der Waals surface area contributed by atoms with Crippen molar-refractivity contribution >= 4 is 34.6 Å². The van der Waals surface area contributed by atoms with Gasteiger partial charge < -0.3 is 14.8 Å². The zero-order chi connectivity index (χ0) is 13.3. The summed E-state index contributed by atoms with van der Waals surface area (Å²) in [6, 6.07) is 4.76. The molecular weight excluding hydrogens is 297 g/mol. The highest BCUT2D eigenvalue weighted by atomic mass is 35.5. The molecule has 4 nitrogen and oxygen atoms in total. The fourth-order valence-corrected chi connectivity index (χ4v) is 3.76. The first-order valence-electron chi connectivity index (χ1n) is 5.40. The van der Waals surface area contributed by atoms with Crippen LogP contribution in [0, 0.1) is 0 Å². The Morgan fingerprint density at radius 3 is 2.72 bits per heavy atom. The van der Waals surface area contributed by atoms with E-state index in [1.807, 2.05) is 0 Å². The van der Waals surface area contributed by atoms with Crippen molar-refractivity contribution in [3.8, 4) is 0 Å². The van der Waals surface area contributed by atoms with Crippen molar-refractivity contribution < 1.29 is 14.8 Å². The lowest BCUT2D eigenvalue weighted by molar-refractivity contribution is -0.000727. The lowest BCUT2D eigenvalue weighted by Gasteiger charge is -2.22. The summed E-state index contributed by atoms with van der Waals surface area (Å²) < 4.78 is 13.9. The van der Waals surface area contributed by atoms with Crippen molar-refractivity contribution in [3.63, 3.8) is 0 Å². The second-order valence-electron chi connectivity index (χ2n) is 4.32. The maximum atomic E-state index is 12.3. The zero-order valence-electron chi connectivity index (χ0n) is 9.47. The molecule has 0 aromatic heterocycles. The third kappa shape index (κ3) is 2.93. The highest BCUT2D eigenvalue weighted by molar-refractivity contribution is 7.89. The standard InChI is InChI=1S/C11H13Cl2NO3S/c12-8-1-2-10(9(13)5-8)18(17)14-4-3-11(16,6-14)7-15/h1-2,5,15-16H,3-4,6-7H2. The SMILES string of the molecule is [O-][S+](c1ccc(Cl)cc1Cl)N1CCC(O)(CO)C1. The van der Waals surface area contributed by atoms with Gasteiger partial charge in [0, 0.05) is 11.6 Å². The second-order valence-corrected chi connectivity index (χ2v) is 6.62. The molecule has 0 radical (unpaired) electrons. The Bertz CT molecular complexity index is 448. The number of rotatable bonds is 3. The van der Waals surface area contributed by atoms with Crippen LogP contribution in [0.25, 0.3) is 0 Å². The number of aliphatic hydroxyl groups excluding tert-OH is 1. The van der Waals surface area contributed by atoms with Gasteiger partial charge in [-0.15, -0.1) is 4.31 Å². The van der Waals surface area contributed by atoms with E-state index in [2.05, 4.69) is 0 Å². The van der Waals surface area contributed by atoms with Crippen molar-refractivity contribution in [1.29, 1.82) is 0 Å². The third-order valence-electron chi connectivity index (χ3n) is 2.91. The average molecular weight is 310 g/mol. The van der Waals surface area contributed by atoms with E-state index < -0.39 is 17.0 Å². The molecule has 1 aliphatic heterocycles. The summed E-state index contributed by atoms with van der Waals surface area (Å²) in [6.07, 6.45) is 0.389. The number of aliphatic hydroxyl groups is 2. The van der Waals surface area contributed by atoms with Crippen LogP contribution in [0.2, 0.25) is 10.0 Å². The molecule has 2 unspecified atom stereocenters. The predicted molar refractivity (Wildman–Crippen MR) is 71.1 cm³/mol. The second kappa shape index (κ2) is 5.54. The minimum absolute atomic E-state index is 0.162. The van der Waals surface area contributed by atoms with Crippen molar-refractivity contribution in [2.45, 2.75) is 16.9 Å². The quantitative estimate of drug-likeness (QED) is 0.829. The molecular formula is C11H13Cl2NO3S. The van der Waals surface area contributed by atoms with E-state index in [1.165, 1.54) is 6.07 Å². The van der Waals surface area contributed by atoms with Gasteiger partial charge in [0.2, 0.25) is 0 Å². The molecule has 2 N–H and O–H groups in total. The summed E-state index contributed by atoms with van der Waals surface area (Å²) >= 11 is 10.3. The zero-order valence-corrected chi connectivity index (χ0v) is 11.8. The monoisotopic (exact) mass is 309 g/mol. The lowest BCUT2D eigenvalue weighted by atomic mass is 10.1. The molecule has 18 heavy (non-hydrogen) atoms. The Kier molecular flexibility index (Phi) is 4.44. The fraction of sp³-hybridized carbons (Fsp3) is 0.455. The van der Waals surface area contributed by atoms with Gasteiger partial charge in [-0.3, -0.25) is 0 Å². The molecule has 2 rings (SSSR count). The predicted octanol–water partition coefficient (Wildman–Crippen LogP) is 1.45. The van der Waals surface area contributed by atoms with Crippen LogP contribution >= 0.6 is 23.2 Å². The molecule has 0 saturated carbocycles. The fourth-order valence-electron chi connectivity index (χ4n) is 1.85. The smallest absolute Gasteiger partial charge is 0.192 e. The van der Waals surface area contributed by atoms with Gasteiger partial charge in [0.05, 0.1) is 29.5 Å². The molecule has 0 amide bonds. The first kappa shape index (κ1) is 14.4. The van der Waals surface area contributed by atoms with E-state index in [9.17, 15) is 9.66 Å². The first-order valence-corrected chi connectivity index (χ1v) is 7.26. The average Bonchev–Trinajstić information content (AvgIpc) is 2.72. The molecule has 0 bridgehead atoms. The topological polar surface area (TPSA) is 66.8 Å². The Morgan fingerprint density at radius 2 is 2.17 bits per heavy atom. The Labute approximate surface area is 118 Å². The molecule has 1 heterocycles. The Morgan fingerprint density at radius 1 is 1.44 bits per heavy atom. The number of halogens is 2. The van der Waals surface area contributed by atoms with Crippen LogP contribution in [0.1, 0.15) is 6.42 Å². The maximum absolute atomic E-state index is 12.3. The van der Waals surface area contributed by atoms with Crippen molar-refractivity contribution in [2.24, 2.45) is 0 Å². The summed E-state index contributed by atoms with van der Waals surface area (Å²) in [5.74, 6) is 0. The maximum Gasteiger partial charge on any atom is 0.192 e. The molecule has 0 spiro atoms. The molecule has 0 aliphatic carbocycles. The minimum Gasteiger partial charge on any atom is -0.593 e. The van der Waals surface area contributed by atoms with Gasteiger partial charge in [-0.25, -0.2) is 0 Å². The van der Waals surface area contributed by atoms with Crippen molar-refractivity contribution in [3.05, 3.63) is 28.2 Å². The Hall–Kier alpha value is -0.0100. The van der Waals surface area contributed by atoms with Crippen LogP contribution in [0.5, 0.6) is 0 Å². The summed E-state index contributed by atoms with van der Waals surface area (Å²) in [7, 11) is 0. The molecule has 7 heteroatoms. The summed E-state index contributed by atoms with van der Waals surface area (Å²) in [4.78, 5) is 0.461. The van der Waals surface area contributed by atoms with Gasteiger partial charge in [0.1, 0.15) is 5.60 Å². The summed E-state index contributed by atoms with van der Waals surface area (Å²) in [6.45, 7) is 0.271. The van der Waals surface area contributed by atoms with E-state index in [1.54, 1.807) is 16.4 Å². The highest BCUT2D eigenvalue weighted by Gasteiger charge is 2.42. The van der Waals surface area contributed by atoms with E-state index in [-0.39, 0.29) is 13.2 Å². The van der Waals surface area contributed by atoms with Crippen molar-refractivity contribution in [1.82, 2.24) is 4.31 Å². The molecule has 2 atom stereocenters. The normalized spacial score (nSPS) is 26.5. The highest BCUT2D eigenvalue weighted by Crippen LogP contribution is 2.31. The summed E-state index contributed by atoms with van der Waals surface area (Å²) in [5.41, 5.74) is -1.17. The van der Waals surface area contributed by atoms with Crippen LogP contribution in [0.3, 0.4) is 0 Å². The van der Waals surface area contributed by atoms with Crippen LogP contribution in [-0.4, -0.2) is 44.4 Å². The van der Waals surface area contributed by atoms with Gasteiger partial charge in [0.15, 0.2) is 4.90 Å². The first-order chi connectivity index (χ1) is 8.45. The van der Waals surface area contributed by atoms with E-state index >= 15 is 0 Å².